The first-order valence-electron chi connectivity index (χ1n) is 6.67. The Labute approximate surface area is 115 Å². The minimum Gasteiger partial charge on any atom is -0.369 e. The quantitative estimate of drug-likeness (QED) is 0.520. The van der Waals surface area contributed by atoms with Crippen molar-refractivity contribution < 1.29 is 4.74 Å². The molecule has 0 aliphatic heterocycles. The number of ether oxygens (including phenoxy) is 1. The molecule has 0 radical (unpaired) electrons. The molecule has 0 heterocycles. The molecular weight excluding hydrogens is 311 g/mol. The van der Waals surface area contributed by atoms with Crippen LogP contribution in [0, 0.1) is 5.92 Å². The summed E-state index contributed by atoms with van der Waals surface area (Å²) in [5.41, 5.74) is 0.172. The highest BCUT2D eigenvalue weighted by Crippen LogP contribution is 2.40. The maximum atomic E-state index is 6.33. The summed E-state index contributed by atoms with van der Waals surface area (Å²) in [6.45, 7) is 8.84. The second-order valence-corrected chi connectivity index (χ2v) is 7.03. The molecule has 1 fully saturated rings. The molecule has 96 valence electrons. The number of hydrogen-bond donors (Lipinski definition) is 0. The number of hydrogen-bond acceptors (Lipinski definition) is 1. The van der Waals surface area contributed by atoms with E-state index in [1.165, 1.54) is 38.5 Å². The van der Waals surface area contributed by atoms with Gasteiger partial charge in [-0.1, -0.05) is 42.4 Å². The van der Waals surface area contributed by atoms with Gasteiger partial charge in [0.05, 0.1) is 11.2 Å². The Morgan fingerprint density at radius 1 is 1.25 bits per heavy atom. The average molecular weight is 338 g/mol. The van der Waals surface area contributed by atoms with E-state index < -0.39 is 0 Å². The first kappa shape index (κ1) is 14.7. The van der Waals surface area contributed by atoms with E-state index in [0.717, 1.165) is 10.3 Å². The van der Waals surface area contributed by atoms with Crippen molar-refractivity contribution in [3.63, 3.8) is 0 Å². The van der Waals surface area contributed by atoms with Crippen LogP contribution >= 0.6 is 22.6 Å². The van der Waals surface area contributed by atoms with E-state index in [1.807, 2.05) is 0 Å². The van der Waals surface area contributed by atoms with E-state index in [4.69, 9.17) is 4.74 Å². The van der Waals surface area contributed by atoms with E-state index in [0.29, 0.717) is 0 Å². The Kier molecular flexibility index (Phi) is 5.56. The molecule has 0 amide bonds. The lowest BCUT2D eigenvalue weighted by Crippen LogP contribution is -2.44. The number of rotatable bonds is 4. The maximum absolute atomic E-state index is 6.33. The van der Waals surface area contributed by atoms with Gasteiger partial charge in [-0.05, 0) is 52.4 Å². The minimum atomic E-state index is 0.00274. The van der Waals surface area contributed by atoms with Crippen molar-refractivity contribution in [2.24, 2.45) is 5.92 Å². The van der Waals surface area contributed by atoms with Crippen LogP contribution in [-0.2, 0) is 4.74 Å². The molecule has 0 saturated heterocycles. The zero-order chi connectivity index (χ0) is 12.2. The maximum Gasteiger partial charge on any atom is 0.0778 e. The third-order valence-corrected chi connectivity index (χ3v) is 4.87. The van der Waals surface area contributed by atoms with Crippen LogP contribution in [0.25, 0.3) is 0 Å². The Morgan fingerprint density at radius 2 is 1.81 bits per heavy atom. The summed E-state index contributed by atoms with van der Waals surface area (Å²) in [5, 5.41) is 0. The third kappa shape index (κ3) is 4.52. The summed E-state index contributed by atoms with van der Waals surface area (Å²) < 4.78 is 7.47. The van der Waals surface area contributed by atoms with Gasteiger partial charge in [-0.15, -0.1) is 0 Å². The zero-order valence-corrected chi connectivity index (χ0v) is 13.5. The highest BCUT2D eigenvalue weighted by molar-refractivity contribution is 14.1. The molecule has 0 N–H and O–H groups in total. The van der Waals surface area contributed by atoms with Crippen LogP contribution < -0.4 is 0 Å². The van der Waals surface area contributed by atoms with Gasteiger partial charge in [0.15, 0.2) is 0 Å². The SMILES string of the molecule is CCCC1CCC(CI)(OC(C)(C)C)CC1. The summed E-state index contributed by atoms with van der Waals surface area (Å²) in [6, 6.07) is 0. The third-order valence-electron chi connectivity index (χ3n) is 3.48. The molecule has 2 heteroatoms. The molecule has 1 nitrogen and oxygen atoms in total. The Morgan fingerprint density at radius 3 is 2.19 bits per heavy atom. The van der Waals surface area contributed by atoms with Crippen molar-refractivity contribution in [1.29, 1.82) is 0 Å². The Bertz CT molecular complexity index is 199. The predicted octanol–water partition coefficient (Wildman–Crippen LogP) is 4.97. The fraction of sp³-hybridized carbons (Fsp3) is 1.00. The van der Waals surface area contributed by atoms with Gasteiger partial charge < -0.3 is 4.74 Å². The summed E-state index contributed by atoms with van der Waals surface area (Å²) in [6.07, 6.45) is 8.00. The molecule has 0 atom stereocenters. The number of alkyl halides is 1. The zero-order valence-electron chi connectivity index (χ0n) is 11.3. The Hall–Kier alpha value is 0.690. The fourth-order valence-corrected chi connectivity index (χ4v) is 3.73. The van der Waals surface area contributed by atoms with Crippen LogP contribution in [0.5, 0.6) is 0 Å². The second-order valence-electron chi connectivity index (χ2n) is 6.26. The molecule has 0 bridgehead atoms. The molecule has 1 saturated carbocycles. The van der Waals surface area contributed by atoms with Gasteiger partial charge in [-0.25, -0.2) is 0 Å². The summed E-state index contributed by atoms with van der Waals surface area (Å²) in [7, 11) is 0. The predicted molar refractivity (Wildman–Crippen MR) is 79.3 cm³/mol. The van der Waals surface area contributed by atoms with E-state index >= 15 is 0 Å². The lowest BCUT2D eigenvalue weighted by molar-refractivity contribution is -0.138. The largest absolute Gasteiger partial charge is 0.369 e. The standard InChI is InChI=1S/C14H27IO/c1-5-6-12-7-9-14(11-15,10-8-12)16-13(2,3)4/h12H,5-11H2,1-4H3. The molecule has 0 aromatic rings. The fourth-order valence-electron chi connectivity index (χ4n) is 2.81. The molecule has 0 aromatic carbocycles. The van der Waals surface area contributed by atoms with Crippen molar-refractivity contribution >= 4 is 22.6 Å². The van der Waals surface area contributed by atoms with Crippen molar-refractivity contribution in [2.75, 3.05) is 4.43 Å². The van der Waals surface area contributed by atoms with Gasteiger partial charge in [0.2, 0.25) is 0 Å². The first-order valence-corrected chi connectivity index (χ1v) is 8.19. The molecule has 1 aliphatic rings. The topological polar surface area (TPSA) is 9.23 Å². The van der Waals surface area contributed by atoms with Crippen LogP contribution in [-0.4, -0.2) is 15.6 Å². The van der Waals surface area contributed by atoms with E-state index in [-0.39, 0.29) is 11.2 Å². The lowest BCUT2D eigenvalue weighted by Gasteiger charge is -2.43. The molecule has 0 unspecified atom stereocenters. The second kappa shape index (κ2) is 6.03. The molecule has 1 rings (SSSR count). The van der Waals surface area contributed by atoms with Gasteiger partial charge in [0, 0.05) is 4.43 Å². The summed E-state index contributed by atoms with van der Waals surface area (Å²) in [4.78, 5) is 0. The lowest BCUT2D eigenvalue weighted by atomic mass is 9.78. The molecule has 0 aromatic heterocycles. The monoisotopic (exact) mass is 338 g/mol. The Balaban J connectivity index is 2.51. The molecule has 1 aliphatic carbocycles. The van der Waals surface area contributed by atoms with Gasteiger partial charge in [0.1, 0.15) is 0 Å². The molecule has 16 heavy (non-hydrogen) atoms. The van der Waals surface area contributed by atoms with Crippen molar-refractivity contribution in [2.45, 2.75) is 77.4 Å². The van der Waals surface area contributed by atoms with E-state index in [2.05, 4.69) is 50.3 Å². The average Bonchev–Trinajstić information content (AvgIpc) is 2.19. The smallest absolute Gasteiger partial charge is 0.0778 e. The van der Waals surface area contributed by atoms with Gasteiger partial charge >= 0.3 is 0 Å². The summed E-state index contributed by atoms with van der Waals surface area (Å²) in [5.74, 6) is 0.963. The first-order chi connectivity index (χ1) is 7.41. The van der Waals surface area contributed by atoms with Crippen LogP contribution in [0.1, 0.15) is 66.2 Å². The van der Waals surface area contributed by atoms with Gasteiger partial charge in [0.25, 0.3) is 0 Å². The van der Waals surface area contributed by atoms with Crippen LogP contribution in [0.4, 0.5) is 0 Å². The van der Waals surface area contributed by atoms with Crippen molar-refractivity contribution in [3.05, 3.63) is 0 Å². The van der Waals surface area contributed by atoms with Crippen LogP contribution in [0.15, 0.2) is 0 Å². The molecular formula is C14H27IO. The highest BCUT2D eigenvalue weighted by atomic mass is 127. The van der Waals surface area contributed by atoms with Crippen molar-refractivity contribution in [1.82, 2.24) is 0 Å². The minimum absolute atomic E-state index is 0.00274. The van der Waals surface area contributed by atoms with E-state index in [9.17, 15) is 0 Å². The van der Waals surface area contributed by atoms with Crippen molar-refractivity contribution in [3.8, 4) is 0 Å². The van der Waals surface area contributed by atoms with Crippen LogP contribution in [0.3, 0.4) is 0 Å². The van der Waals surface area contributed by atoms with Gasteiger partial charge in [-0.3, -0.25) is 0 Å². The highest BCUT2D eigenvalue weighted by Gasteiger charge is 2.38. The van der Waals surface area contributed by atoms with Gasteiger partial charge in [-0.2, -0.15) is 0 Å². The molecule has 0 spiro atoms. The summed E-state index contributed by atoms with van der Waals surface area (Å²) >= 11 is 2.50. The van der Waals surface area contributed by atoms with E-state index in [1.54, 1.807) is 0 Å². The normalized spacial score (nSPS) is 31.7. The number of halogens is 1. The van der Waals surface area contributed by atoms with Crippen LogP contribution in [0.2, 0.25) is 0 Å².